The molecule has 0 amide bonds. The summed E-state index contributed by atoms with van der Waals surface area (Å²) in [5, 5.41) is 3.44. The fourth-order valence-corrected chi connectivity index (χ4v) is 3.46. The van der Waals surface area contributed by atoms with E-state index in [1.165, 1.54) is 17.0 Å². The van der Waals surface area contributed by atoms with Crippen molar-refractivity contribution in [3.8, 4) is 0 Å². The average molecular weight is 336 g/mol. The van der Waals surface area contributed by atoms with Gasteiger partial charge in [0.15, 0.2) is 0 Å². The third kappa shape index (κ3) is 3.79. The standard InChI is InChI=1S/C19H24N6/c1-2-5-17-16(4-1)18(6-9-20-17)21-10-11-24-12-14-25(15-13-24)19-22-7-3-8-23-19/h1-5,7-8,20H,6,9-15H2. The number of piperazine rings is 1. The molecule has 25 heavy (non-hydrogen) atoms. The van der Waals surface area contributed by atoms with Crippen LogP contribution in [-0.4, -0.2) is 66.4 Å². The van der Waals surface area contributed by atoms with E-state index in [2.05, 4.69) is 49.4 Å². The lowest BCUT2D eigenvalue weighted by molar-refractivity contribution is 0.264. The second-order valence-corrected chi connectivity index (χ2v) is 6.43. The molecular weight excluding hydrogens is 312 g/mol. The summed E-state index contributed by atoms with van der Waals surface area (Å²) in [6, 6.07) is 10.3. The molecule has 0 aliphatic carbocycles. The van der Waals surface area contributed by atoms with E-state index in [1.54, 1.807) is 0 Å². The van der Waals surface area contributed by atoms with Gasteiger partial charge in [-0.2, -0.15) is 0 Å². The van der Waals surface area contributed by atoms with Crippen molar-refractivity contribution in [2.75, 3.05) is 56.0 Å². The zero-order valence-electron chi connectivity index (χ0n) is 14.4. The first kappa shape index (κ1) is 16.0. The van der Waals surface area contributed by atoms with E-state index in [0.717, 1.165) is 58.2 Å². The van der Waals surface area contributed by atoms with Crippen LogP contribution < -0.4 is 10.2 Å². The van der Waals surface area contributed by atoms with Crippen molar-refractivity contribution in [3.63, 3.8) is 0 Å². The number of nitrogens with zero attached hydrogens (tertiary/aromatic N) is 5. The maximum absolute atomic E-state index is 4.89. The summed E-state index contributed by atoms with van der Waals surface area (Å²) < 4.78 is 0. The third-order valence-electron chi connectivity index (χ3n) is 4.84. The van der Waals surface area contributed by atoms with Crippen LogP contribution in [0.5, 0.6) is 0 Å². The number of aliphatic imine (C=N–C) groups is 1. The molecule has 2 aromatic rings. The predicted octanol–water partition coefficient (Wildman–Crippen LogP) is 1.90. The molecule has 0 unspecified atom stereocenters. The number of anilines is 2. The van der Waals surface area contributed by atoms with Crippen molar-refractivity contribution in [1.82, 2.24) is 14.9 Å². The molecule has 0 atom stereocenters. The Hall–Kier alpha value is -2.47. The Morgan fingerprint density at radius 1 is 1.00 bits per heavy atom. The van der Waals surface area contributed by atoms with Crippen molar-refractivity contribution in [1.29, 1.82) is 0 Å². The minimum absolute atomic E-state index is 0.841. The molecule has 1 fully saturated rings. The highest BCUT2D eigenvalue weighted by molar-refractivity contribution is 6.06. The van der Waals surface area contributed by atoms with E-state index in [4.69, 9.17) is 4.99 Å². The van der Waals surface area contributed by atoms with Crippen molar-refractivity contribution in [2.45, 2.75) is 6.42 Å². The normalized spacial score (nSPS) is 19.5. The highest BCUT2D eigenvalue weighted by Crippen LogP contribution is 2.21. The highest BCUT2D eigenvalue weighted by Gasteiger charge is 2.18. The van der Waals surface area contributed by atoms with Crippen molar-refractivity contribution >= 4 is 17.3 Å². The molecule has 1 aromatic carbocycles. The van der Waals surface area contributed by atoms with Gasteiger partial charge >= 0.3 is 0 Å². The quantitative estimate of drug-likeness (QED) is 0.924. The SMILES string of the molecule is c1cnc(N2CCN(CCN=C3CCNc4ccccc43)CC2)nc1. The number of benzene rings is 1. The smallest absolute Gasteiger partial charge is 0.225 e. The molecule has 6 heteroatoms. The lowest BCUT2D eigenvalue weighted by Crippen LogP contribution is -2.47. The average Bonchev–Trinajstić information content (AvgIpc) is 2.69. The van der Waals surface area contributed by atoms with Crippen LogP contribution in [0.1, 0.15) is 12.0 Å². The fourth-order valence-electron chi connectivity index (χ4n) is 3.46. The molecule has 4 rings (SSSR count). The first-order valence-corrected chi connectivity index (χ1v) is 9.01. The van der Waals surface area contributed by atoms with Gasteiger partial charge in [-0.1, -0.05) is 18.2 Å². The van der Waals surface area contributed by atoms with E-state index in [9.17, 15) is 0 Å². The summed E-state index contributed by atoms with van der Waals surface area (Å²) in [6.07, 6.45) is 4.62. The van der Waals surface area contributed by atoms with Crippen LogP contribution in [0.4, 0.5) is 11.6 Å². The first-order valence-electron chi connectivity index (χ1n) is 9.01. The minimum atomic E-state index is 0.841. The van der Waals surface area contributed by atoms with Gasteiger partial charge in [-0.25, -0.2) is 9.97 Å². The molecule has 6 nitrogen and oxygen atoms in total. The number of nitrogens with one attached hydrogen (secondary N) is 1. The predicted molar refractivity (Wildman–Crippen MR) is 102 cm³/mol. The van der Waals surface area contributed by atoms with Gasteiger partial charge in [0.2, 0.25) is 5.95 Å². The molecule has 2 aliphatic heterocycles. The first-order chi connectivity index (χ1) is 12.4. The van der Waals surface area contributed by atoms with Gasteiger partial charge in [-0.05, 0) is 12.1 Å². The lowest BCUT2D eigenvalue weighted by atomic mass is 10.0. The second kappa shape index (κ2) is 7.61. The summed E-state index contributed by atoms with van der Waals surface area (Å²) in [5.41, 5.74) is 3.72. The molecule has 0 saturated carbocycles. The monoisotopic (exact) mass is 336 g/mol. The Bertz CT molecular complexity index is 722. The second-order valence-electron chi connectivity index (χ2n) is 6.43. The van der Waals surface area contributed by atoms with Crippen LogP contribution in [-0.2, 0) is 0 Å². The summed E-state index contributed by atoms with van der Waals surface area (Å²) in [7, 11) is 0. The van der Waals surface area contributed by atoms with Crippen molar-refractivity contribution < 1.29 is 0 Å². The summed E-state index contributed by atoms with van der Waals surface area (Å²) in [5.74, 6) is 0.841. The van der Waals surface area contributed by atoms with Crippen molar-refractivity contribution in [3.05, 3.63) is 48.3 Å². The lowest BCUT2D eigenvalue weighted by Gasteiger charge is -2.34. The van der Waals surface area contributed by atoms with E-state index in [0.29, 0.717) is 0 Å². The Morgan fingerprint density at radius 2 is 1.80 bits per heavy atom. The fraction of sp³-hybridized carbons (Fsp3) is 0.421. The van der Waals surface area contributed by atoms with Crippen LogP contribution >= 0.6 is 0 Å². The van der Waals surface area contributed by atoms with Crippen LogP contribution in [0, 0.1) is 0 Å². The van der Waals surface area contributed by atoms with Crippen molar-refractivity contribution in [2.24, 2.45) is 4.99 Å². The van der Waals surface area contributed by atoms with E-state index < -0.39 is 0 Å². The molecular formula is C19H24N6. The van der Waals surface area contributed by atoms with E-state index in [1.807, 2.05) is 18.5 Å². The maximum atomic E-state index is 4.89. The van der Waals surface area contributed by atoms with E-state index in [-0.39, 0.29) is 0 Å². The van der Waals surface area contributed by atoms with Crippen LogP contribution in [0.3, 0.4) is 0 Å². The molecule has 0 bridgehead atoms. The molecule has 0 radical (unpaired) electrons. The van der Waals surface area contributed by atoms with Gasteiger partial charge in [0.05, 0.1) is 6.54 Å². The molecule has 130 valence electrons. The number of rotatable bonds is 4. The summed E-state index contributed by atoms with van der Waals surface area (Å²) in [6.45, 7) is 6.91. The van der Waals surface area contributed by atoms with Crippen LogP contribution in [0.2, 0.25) is 0 Å². The summed E-state index contributed by atoms with van der Waals surface area (Å²) >= 11 is 0. The molecule has 3 heterocycles. The molecule has 2 aliphatic rings. The number of hydrogen-bond acceptors (Lipinski definition) is 6. The number of para-hydroxylation sites is 1. The highest BCUT2D eigenvalue weighted by atomic mass is 15.3. The Labute approximate surface area is 148 Å². The number of hydrogen-bond donors (Lipinski definition) is 1. The minimum Gasteiger partial charge on any atom is -0.384 e. The number of aromatic nitrogens is 2. The van der Waals surface area contributed by atoms with Crippen LogP contribution in [0.25, 0.3) is 0 Å². The number of fused-ring (bicyclic) bond motifs is 1. The maximum Gasteiger partial charge on any atom is 0.225 e. The largest absolute Gasteiger partial charge is 0.384 e. The summed E-state index contributed by atoms with van der Waals surface area (Å²) in [4.78, 5) is 18.3. The van der Waals surface area contributed by atoms with Gasteiger partial charge in [0.1, 0.15) is 0 Å². The topological polar surface area (TPSA) is 56.7 Å². The Morgan fingerprint density at radius 3 is 2.64 bits per heavy atom. The molecule has 1 saturated heterocycles. The third-order valence-corrected chi connectivity index (χ3v) is 4.84. The molecule has 0 spiro atoms. The van der Waals surface area contributed by atoms with Gasteiger partial charge < -0.3 is 10.2 Å². The molecule has 1 aromatic heterocycles. The zero-order valence-corrected chi connectivity index (χ0v) is 14.4. The van der Waals surface area contributed by atoms with Gasteiger partial charge in [-0.3, -0.25) is 9.89 Å². The van der Waals surface area contributed by atoms with E-state index >= 15 is 0 Å². The van der Waals surface area contributed by atoms with Gasteiger partial charge in [0.25, 0.3) is 0 Å². The Balaban J connectivity index is 1.29. The van der Waals surface area contributed by atoms with Crippen LogP contribution in [0.15, 0.2) is 47.7 Å². The van der Waals surface area contributed by atoms with Gasteiger partial charge in [0, 0.05) is 75.0 Å². The zero-order chi connectivity index (χ0) is 16.9. The Kier molecular flexibility index (Phi) is 4.88. The molecule has 1 N–H and O–H groups in total. The van der Waals surface area contributed by atoms with Gasteiger partial charge in [-0.15, -0.1) is 0 Å².